The molecule has 0 radical (unpaired) electrons. The Hall–Kier alpha value is -1.33. The highest BCUT2D eigenvalue weighted by atomic mass is 35.5. The zero-order valence-electron chi connectivity index (χ0n) is 13.9. The lowest BCUT2D eigenvalue weighted by atomic mass is 9.94. The van der Waals surface area contributed by atoms with Gasteiger partial charge in [0.2, 0.25) is 5.91 Å². The number of anilines is 1. The van der Waals surface area contributed by atoms with Gasteiger partial charge < -0.3 is 14.5 Å². The molecule has 1 aliphatic carbocycles. The minimum absolute atomic E-state index is 0.146. The fourth-order valence-electron chi connectivity index (χ4n) is 4.34. The summed E-state index contributed by atoms with van der Waals surface area (Å²) >= 11 is 5.90. The quantitative estimate of drug-likeness (QED) is 0.823. The number of hydrogen-bond acceptors (Lipinski definition) is 4. The van der Waals surface area contributed by atoms with E-state index < -0.39 is 0 Å². The van der Waals surface area contributed by atoms with Crippen LogP contribution in [-0.4, -0.2) is 54.2 Å². The van der Waals surface area contributed by atoms with Gasteiger partial charge in [0, 0.05) is 31.7 Å². The normalized spacial score (nSPS) is 28.0. The Morgan fingerprint density at radius 2 is 2.00 bits per heavy atom. The largest absolute Gasteiger partial charge is 0.374 e. The van der Waals surface area contributed by atoms with Gasteiger partial charge in [0.05, 0.1) is 23.8 Å². The van der Waals surface area contributed by atoms with Crippen molar-refractivity contribution in [2.75, 3.05) is 31.1 Å². The van der Waals surface area contributed by atoms with E-state index in [-0.39, 0.29) is 12.0 Å². The van der Waals surface area contributed by atoms with Crippen LogP contribution in [0.4, 0.5) is 5.82 Å². The van der Waals surface area contributed by atoms with Gasteiger partial charge in [0.15, 0.2) is 0 Å². The summed E-state index contributed by atoms with van der Waals surface area (Å²) in [6, 6.07) is 4.15. The van der Waals surface area contributed by atoms with Crippen molar-refractivity contribution >= 4 is 23.3 Å². The maximum Gasteiger partial charge on any atom is 0.226 e. The highest BCUT2D eigenvalue weighted by Crippen LogP contribution is 2.32. The molecule has 5 nitrogen and oxygen atoms in total. The summed E-state index contributed by atoms with van der Waals surface area (Å²) in [7, 11) is 0. The first-order valence-corrected chi connectivity index (χ1v) is 9.39. The third-order valence-corrected chi connectivity index (χ3v) is 5.87. The molecule has 2 aliphatic heterocycles. The number of piperidine rings is 1. The van der Waals surface area contributed by atoms with E-state index >= 15 is 0 Å². The second kappa shape index (κ2) is 6.89. The second-order valence-electron chi connectivity index (χ2n) is 7.04. The average molecular weight is 350 g/mol. The third kappa shape index (κ3) is 3.11. The summed E-state index contributed by atoms with van der Waals surface area (Å²) in [4.78, 5) is 21.8. The molecule has 0 spiro atoms. The molecule has 24 heavy (non-hydrogen) atoms. The van der Waals surface area contributed by atoms with Crippen molar-refractivity contribution in [2.24, 2.45) is 5.92 Å². The highest BCUT2D eigenvalue weighted by molar-refractivity contribution is 6.30. The topological polar surface area (TPSA) is 45.7 Å². The molecular weight excluding hydrogens is 326 g/mol. The van der Waals surface area contributed by atoms with Crippen LogP contribution in [0.5, 0.6) is 0 Å². The van der Waals surface area contributed by atoms with Crippen molar-refractivity contribution in [3.05, 3.63) is 23.4 Å². The molecule has 1 aromatic heterocycles. The lowest BCUT2D eigenvalue weighted by Crippen LogP contribution is -2.54. The predicted octanol–water partition coefficient (Wildman–Crippen LogP) is 2.73. The van der Waals surface area contributed by atoms with E-state index in [1.54, 1.807) is 6.20 Å². The minimum atomic E-state index is 0.146. The summed E-state index contributed by atoms with van der Waals surface area (Å²) < 4.78 is 5.83. The molecule has 0 aromatic carbocycles. The Bertz CT molecular complexity index is 586. The molecule has 0 N–H and O–H groups in total. The molecule has 6 heteroatoms. The Balaban J connectivity index is 1.36. The number of amides is 1. The second-order valence-corrected chi connectivity index (χ2v) is 7.47. The SMILES string of the molecule is O=C(C1CCN(c2ccc(Cl)cn2)CC1)N1CCO[C@H]2CCC[C@@H]21. The molecule has 3 heterocycles. The molecule has 0 unspecified atom stereocenters. The average Bonchev–Trinajstić information content (AvgIpc) is 3.11. The first-order valence-electron chi connectivity index (χ1n) is 9.01. The Kier molecular flexibility index (Phi) is 4.63. The lowest BCUT2D eigenvalue weighted by molar-refractivity contribution is -0.149. The number of nitrogens with zero attached hydrogens (tertiary/aromatic N) is 3. The molecular formula is C18H24ClN3O2. The van der Waals surface area contributed by atoms with E-state index in [4.69, 9.17) is 16.3 Å². The van der Waals surface area contributed by atoms with E-state index in [0.29, 0.717) is 23.6 Å². The van der Waals surface area contributed by atoms with Gasteiger partial charge in [-0.05, 0) is 44.2 Å². The summed E-state index contributed by atoms with van der Waals surface area (Å²) in [5.74, 6) is 1.44. The number of hydrogen-bond donors (Lipinski definition) is 0. The molecule has 0 bridgehead atoms. The van der Waals surface area contributed by atoms with Gasteiger partial charge in [-0.3, -0.25) is 4.79 Å². The Morgan fingerprint density at radius 1 is 1.17 bits per heavy atom. The van der Waals surface area contributed by atoms with Crippen LogP contribution in [0.15, 0.2) is 18.3 Å². The van der Waals surface area contributed by atoms with E-state index in [9.17, 15) is 4.79 Å². The van der Waals surface area contributed by atoms with Crippen LogP contribution in [0.25, 0.3) is 0 Å². The molecule has 1 aromatic rings. The number of rotatable bonds is 2. The van der Waals surface area contributed by atoms with Gasteiger partial charge in [0.25, 0.3) is 0 Å². The van der Waals surface area contributed by atoms with E-state index in [2.05, 4.69) is 14.8 Å². The van der Waals surface area contributed by atoms with Crippen molar-refractivity contribution in [3.63, 3.8) is 0 Å². The number of carbonyl (C=O) groups excluding carboxylic acids is 1. The number of fused-ring (bicyclic) bond motifs is 1. The Morgan fingerprint density at radius 3 is 2.75 bits per heavy atom. The van der Waals surface area contributed by atoms with Crippen molar-refractivity contribution in [1.29, 1.82) is 0 Å². The van der Waals surface area contributed by atoms with Crippen molar-refractivity contribution in [2.45, 2.75) is 44.2 Å². The van der Waals surface area contributed by atoms with Crippen molar-refractivity contribution < 1.29 is 9.53 Å². The van der Waals surface area contributed by atoms with Crippen LogP contribution in [0.1, 0.15) is 32.1 Å². The van der Waals surface area contributed by atoms with E-state index in [1.165, 1.54) is 6.42 Å². The lowest BCUT2D eigenvalue weighted by Gasteiger charge is -2.41. The zero-order valence-corrected chi connectivity index (χ0v) is 14.6. The number of aromatic nitrogens is 1. The third-order valence-electron chi connectivity index (χ3n) is 5.65. The van der Waals surface area contributed by atoms with Gasteiger partial charge in [-0.2, -0.15) is 0 Å². The molecule has 3 aliphatic rings. The molecule has 2 atom stereocenters. The Labute approximate surface area is 147 Å². The first-order chi connectivity index (χ1) is 11.7. The molecule has 4 rings (SSSR count). The first kappa shape index (κ1) is 16.2. The van der Waals surface area contributed by atoms with Gasteiger partial charge in [0.1, 0.15) is 5.82 Å². The smallest absolute Gasteiger partial charge is 0.226 e. The monoisotopic (exact) mass is 349 g/mol. The zero-order chi connectivity index (χ0) is 16.5. The van der Waals surface area contributed by atoms with Crippen LogP contribution in [0, 0.1) is 5.92 Å². The highest BCUT2D eigenvalue weighted by Gasteiger charge is 2.40. The number of carbonyl (C=O) groups is 1. The van der Waals surface area contributed by atoms with Crippen LogP contribution < -0.4 is 4.90 Å². The maximum absolute atomic E-state index is 13.0. The van der Waals surface area contributed by atoms with Crippen LogP contribution in [0.2, 0.25) is 5.02 Å². The minimum Gasteiger partial charge on any atom is -0.374 e. The van der Waals surface area contributed by atoms with Crippen LogP contribution >= 0.6 is 11.6 Å². The maximum atomic E-state index is 13.0. The fourth-order valence-corrected chi connectivity index (χ4v) is 4.46. The standard InChI is InChI=1S/C18H24ClN3O2/c19-14-4-5-17(20-12-14)21-8-6-13(7-9-21)18(23)22-10-11-24-16-3-1-2-15(16)22/h4-5,12-13,15-16H,1-3,6-11H2/t15-,16-/m0/s1. The molecule has 1 amide bonds. The molecule has 130 valence electrons. The number of morpholine rings is 1. The number of pyridine rings is 1. The van der Waals surface area contributed by atoms with Crippen LogP contribution in [0.3, 0.4) is 0 Å². The summed E-state index contributed by atoms with van der Waals surface area (Å²) in [6.07, 6.45) is 7.15. The van der Waals surface area contributed by atoms with Crippen molar-refractivity contribution in [1.82, 2.24) is 9.88 Å². The van der Waals surface area contributed by atoms with Gasteiger partial charge >= 0.3 is 0 Å². The molecule has 1 saturated carbocycles. The predicted molar refractivity (Wildman–Crippen MR) is 93.3 cm³/mol. The van der Waals surface area contributed by atoms with E-state index in [1.807, 2.05) is 12.1 Å². The van der Waals surface area contributed by atoms with Gasteiger partial charge in [-0.25, -0.2) is 4.98 Å². The number of ether oxygens (including phenoxy) is 1. The van der Waals surface area contributed by atoms with E-state index in [0.717, 1.165) is 51.1 Å². The summed E-state index contributed by atoms with van der Waals surface area (Å²) in [5.41, 5.74) is 0. The molecule has 2 saturated heterocycles. The van der Waals surface area contributed by atoms with Crippen LogP contribution in [-0.2, 0) is 9.53 Å². The van der Waals surface area contributed by atoms with Gasteiger partial charge in [-0.15, -0.1) is 0 Å². The van der Waals surface area contributed by atoms with Gasteiger partial charge in [-0.1, -0.05) is 11.6 Å². The van der Waals surface area contributed by atoms with Crippen molar-refractivity contribution in [3.8, 4) is 0 Å². The number of halogens is 1. The summed E-state index contributed by atoms with van der Waals surface area (Å²) in [6.45, 7) is 3.21. The summed E-state index contributed by atoms with van der Waals surface area (Å²) in [5, 5.41) is 0.655. The fraction of sp³-hybridized carbons (Fsp3) is 0.667. The molecule has 3 fully saturated rings.